The van der Waals surface area contributed by atoms with Crippen molar-refractivity contribution < 1.29 is 14.3 Å². The number of carbonyl (C=O) groups excluding carboxylic acids is 2. The van der Waals surface area contributed by atoms with Crippen LogP contribution in [-0.2, 0) is 11.4 Å². The Hall–Kier alpha value is -2.75. The van der Waals surface area contributed by atoms with E-state index in [2.05, 4.69) is 26.9 Å². The number of benzene rings is 1. The molecular weight excluding hydrogens is 380 g/mol. The van der Waals surface area contributed by atoms with Gasteiger partial charge in [-0.2, -0.15) is 0 Å². The summed E-state index contributed by atoms with van der Waals surface area (Å²) in [6, 6.07) is 5.63. The van der Waals surface area contributed by atoms with Gasteiger partial charge in [0.1, 0.15) is 12.4 Å². The van der Waals surface area contributed by atoms with Gasteiger partial charge in [-0.15, -0.1) is 10.2 Å². The summed E-state index contributed by atoms with van der Waals surface area (Å²) in [5.41, 5.74) is 2.21. The highest BCUT2D eigenvalue weighted by Gasteiger charge is 2.26. The molecule has 1 aromatic heterocycles. The Labute approximate surface area is 167 Å². The van der Waals surface area contributed by atoms with E-state index < -0.39 is 17.2 Å². The van der Waals surface area contributed by atoms with Crippen LogP contribution < -0.4 is 21.2 Å². The number of imide groups is 1. The van der Waals surface area contributed by atoms with Crippen LogP contribution >= 0.6 is 11.8 Å². The first-order chi connectivity index (χ1) is 13.3. The molecule has 1 heterocycles. The highest BCUT2D eigenvalue weighted by molar-refractivity contribution is 8.00. The van der Waals surface area contributed by atoms with Crippen LogP contribution in [0, 0.1) is 13.8 Å². The van der Waals surface area contributed by atoms with E-state index >= 15 is 0 Å². The van der Waals surface area contributed by atoms with Gasteiger partial charge in [0.25, 0.3) is 0 Å². The summed E-state index contributed by atoms with van der Waals surface area (Å²) >= 11 is 1.12. The van der Waals surface area contributed by atoms with Gasteiger partial charge in [-0.25, -0.2) is 9.47 Å². The molecule has 1 saturated carbocycles. The molecule has 1 aliphatic carbocycles. The molecule has 3 amide bonds. The number of rotatable bonds is 7. The Morgan fingerprint density at radius 3 is 2.61 bits per heavy atom. The summed E-state index contributed by atoms with van der Waals surface area (Å²) in [4.78, 5) is 23.8. The van der Waals surface area contributed by atoms with E-state index in [1.165, 1.54) is 4.68 Å². The lowest BCUT2D eigenvalue weighted by Crippen LogP contribution is -2.43. The normalized spacial score (nSPS) is 14.4. The Bertz CT molecular complexity index is 860. The van der Waals surface area contributed by atoms with Crippen LogP contribution in [0.15, 0.2) is 23.4 Å². The number of urea groups is 1. The zero-order valence-electron chi connectivity index (χ0n) is 16.1. The number of aryl methyl sites for hydroxylation is 2. The maximum absolute atomic E-state index is 12.1. The van der Waals surface area contributed by atoms with E-state index in [0.717, 1.165) is 41.5 Å². The minimum absolute atomic E-state index is 0.150. The second-order valence-corrected chi connectivity index (χ2v) is 8.19. The predicted octanol–water partition coefficient (Wildman–Crippen LogP) is 1.66. The van der Waals surface area contributed by atoms with Crippen molar-refractivity contribution in [3.8, 4) is 5.75 Å². The van der Waals surface area contributed by atoms with Crippen LogP contribution in [0.4, 0.5) is 4.79 Å². The van der Waals surface area contributed by atoms with Gasteiger partial charge in [0.2, 0.25) is 11.1 Å². The van der Waals surface area contributed by atoms with Gasteiger partial charge in [0.05, 0.1) is 5.25 Å². The monoisotopic (exact) mass is 404 g/mol. The number of nitrogens with two attached hydrogens (primary N) is 1. The summed E-state index contributed by atoms with van der Waals surface area (Å²) in [6.45, 7) is 5.82. The standard InChI is InChI=1S/C18H24N6O3S/c1-10-6-11(2)8-14(7-10)27-9-15-22-23-18(24(15)19)28-12(3)16(25)21-17(26)20-13-4-5-13/h6-8,12-13H,4-5,9,19H2,1-3H3,(H2,20,21,25,26). The Morgan fingerprint density at radius 2 is 1.96 bits per heavy atom. The third-order valence-corrected chi connectivity index (χ3v) is 5.16. The zero-order chi connectivity index (χ0) is 20.3. The van der Waals surface area contributed by atoms with Gasteiger partial charge in [0, 0.05) is 6.04 Å². The van der Waals surface area contributed by atoms with E-state index in [1.807, 2.05) is 26.0 Å². The lowest BCUT2D eigenvalue weighted by atomic mass is 10.1. The third kappa shape index (κ3) is 5.38. The van der Waals surface area contributed by atoms with Crippen LogP contribution in [0.2, 0.25) is 0 Å². The molecule has 0 bridgehead atoms. The van der Waals surface area contributed by atoms with Crippen molar-refractivity contribution in [3.63, 3.8) is 0 Å². The predicted molar refractivity (Wildman–Crippen MR) is 105 cm³/mol. The molecule has 1 unspecified atom stereocenters. The first kappa shape index (κ1) is 20.0. The number of nitrogens with one attached hydrogen (secondary N) is 2. The van der Waals surface area contributed by atoms with E-state index in [9.17, 15) is 9.59 Å². The molecule has 0 aliphatic heterocycles. The maximum Gasteiger partial charge on any atom is 0.321 e. The molecule has 1 atom stereocenters. The number of aromatic nitrogens is 3. The number of carbonyl (C=O) groups is 2. The molecule has 3 rings (SSSR count). The molecule has 2 aromatic rings. The highest BCUT2D eigenvalue weighted by atomic mass is 32.2. The fourth-order valence-electron chi connectivity index (χ4n) is 2.52. The van der Waals surface area contributed by atoms with Gasteiger partial charge < -0.3 is 15.9 Å². The van der Waals surface area contributed by atoms with Gasteiger partial charge in [-0.05, 0) is 56.9 Å². The first-order valence-electron chi connectivity index (χ1n) is 9.00. The Kier molecular flexibility index (Phi) is 6.08. The lowest BCUT2D eigenvalue weighted by molar-refractivity contribution is -0.119. The van der Waals surface area contributed by atoms with E-state index in [1.54, 1.807) is 6.92 Å². The van der Waals surface area contributed by atoms with E-state index in [4.69, 9.17) is 10.6 Å². The van der Waals surface area contributed by atoms with E-state index in [-0.39, 0.29) is 12.6 Å². The largest absolute Gasteiger partial charge is 0.486 e. The van der Waals surface area contributed by atoms with E-state index in [0.29, 0.717) is 11.0 Å². The first-order valence-corrected chi connectivity index (χ1v) is 9.88. The summed E-state index contributed by atoms with van der Waals surface area (Å²) in [6.07, 6.45) is 1.91. The molecule has 1 fully saturated rings. The second-order valence-electron chi connectivity index (χ2n) is 6.88. The molecule has 150 valence electrons. The molecule has 0 spiro atoms. The topological polar surface area (TPSA) is 124 Å². The number of nitrogen functional groups attached to an aromatic ring is 1. The Morgan fingerprint density at radius 1 is 1.29 bits per heavy atom. The minimum atomic E-state index is -0.565. The maximum atomic E-state index is 12.1. The van der Waals surface area contributed by atoms with Gasteiger partial charge >= 0.3 is 6.03 Å². The summed E-state index contributed by atoms with van der Waals surface area (Å²) in [5, 5.41) is 12.9. The smallest absolute Gasteiger partial charge is 0.321 e. The van der Waals surface area contributed by atoms with Crippen molar-refractivity contribution in [2.24, 2.45) is 0 Å². The summed E-state index contributed by atoms with van der Waals surface area (Å²) < 4.78 is 7.04. The number of thioether (sulfide) groups is 1. The van der Waals surface area contributed by atoms with Gasteiger partial charge in [-0.1, -0.05) is 17.8 Å². The molecule has 1 aliphatic rings. The molecule has 4 N–H and O–H groups in total. The number of amides is 3. The SMILES string of the molecule is Cc1cc(C)cc(OCc2nnc(SC(C)C(=O)NC(=O)NC3CC3)n2N)c1. The highest BCUT2D eigenvalue weighted by Crippen LogP contribution is 2.22. The number of hydrogen-bond donors (Lipinski definition) is 3. The average Bonchev–Trinajstić information content (AvgIpc) is 3.36. The molecule has 10 heteroatoms. The van der Waals surface area contributed by atoms with Gasteiger partial charge in [0.15, 0.2) is 5.82 Å². The third-order valence-electron chi connectivity index (χ3n) is 4.10. The summed E-state index contributed by atoms with van der Waals surface area (Å²) in [7, 11) is 0. The van der Waals surface area contributed by atoms with Crippen LogP contribution in [-0.4, -0.2) is 38.1 Å². The number of ether oxygens (including phenoxy) is 1. The number of hydrogen-bond acceptors (Lipinski definition) is 7. The van der Waals surface area contributed by atoms with Crippen LogP contribution in [0.1, 0.15) is 36.7 Å². The van der Waals surface area contributed by atoms with Crippen LogP contribution in [0.5, 0.6) is 5.75 Å². The lowest BCUT2D eigenvalue weighted by Gasteiger charge is -2.11. The summed E-state index contributed by atoms with van der Waals surface area (Å²) in [5.74, 6) is 6.77. The molecule has 0 radical (unpaired) electrons. The van der Waals surface area contributed by atoms with Crippen LogP contribution in [0.25, 0.3) is 0 Å². The zero-order valence-corrected chi connectivity index (χ0v) is 16.9. The Balaban J connectivity index is 1.54. The van der Waals surface area contributed by atoms with Crippen molar-refractivity contribution >= 4 is 23.7 Å². The molecule has 1 aromatic carbocycles. The molecule has 28 heavy (non-hydrogen) atoms. The van der Waals surface area contributed by atoms with Crippen molar-refractivity contribution in [1.29, 1.82) is 0 Å². The minimum Gasteiger partial charge on any atom is -0.486 e. The van der Waals surface area contributed by atoms with Crippen LogP contribution in [0.3, 0.4) is 0 Å². The van der Waals surface area contributed by atoms with Crippen molar-refractivity contribution in [3.05, 3.63) is 35.2 Å². The molecule has 9 nitrogen and oxygen atoms in total. The molecular formula is C18H24N6O3S. The fourth-order valence-corrected chi connectivity index (χ4v) is 3.31. The van der Waals surface area contributed by atoms with Crippen molar-refractivity contribution in [1.82, 2.24) is 25.5 Å². The fraction of sp³-hybridized carbons (Fsp3) is 0.444. The number of nitrogens with zero attached hydrogens (tertiary/aromatic N) is 3. The second kappa shape index (κ2) is 8.51. The quantitative estimate of drug-likeness (QED) is 0.473. The van der Waals surface area contributed by atoms with Gasteiger partial charge in [-0.3, -0.25) is 10.1 Å². The van der Waals surface area contributed by atoms with Crippen molar-refractivity contribution in [2.45, 2.75) is 56.7 Å². The van der Waals surface area contributed by atoms with Crippen molar-refractivity contribution in [2.75, 3.05) is 5.84 Å². The average molecular weight is 404 g/mol. The molecule has 0 saturated heterocycles.